The van der Waals surface area contributed by atoms with Crippen LogP contribution in [0, 0.1) is 0 Å². The van der Waals surface area contributed by atoms with Gasteiger partial charge in [-0.1, -0.05) is 35.9 Å². The number of nitrogens with one attached hydrogen (secondary N) is 1. The molecule has 170 valence electrons. The molecule has 1 aliphatic heterocycles. The monoisotopic (exact) mass is 481 g/mol. The number of aliphatic hydroxyl groups excluding tert-OH is 1. The first-order valence-corrected chi connectivity index (χ1v) is 11.9. The number of ether oxygens (including phenoxy) is 2. The van der Waals surface area contributed by atoms with E-state index in [1.165, 1.54) is 11.5 Å². The van der Waals surface area contributed by atoms with Gasteiger partial charge in [-0.15, -0.1) is 0 Å². The zero-order valence-corrected chi connectivity index (χ0v) is 19.7. The van der Waals surface area contributed by atoms with Crippen molar-refractivity contribution in [2.45, 2.75) is 6.54 Å². The molecule has 2 N–H and O–H groups in total. The maximum Gasteiger partial charge on any atom is 0.161 e. The first kappa shape index (κ1) is 22.0. The lowest BCUT2D eigenvalue weighted by molar-refractivity contribution is 0.171. The second-order valence-electron chi connectivity index (χ2n) is 7.97. The molecule has 0 fully saturated rings. The van der Waals surface area contributed by atoms with Crippen LogP contribution in [0.15, 0.2) is 54.6 Å². The molecule has 1 aliphatic rings. The standard InChI is InChI=1S/C25H24ClN3O3S/c1-29(9-10-30)15-16-5-7-21(20(26)13-16)27-25-19-4-2-3-18(24(19)33-28-25)17-6-8-22-23(14-17)32-12-11-31-22/h2-8,13-14,30H,9-12,15H2,1H3,(H,27,28). The molecule has 3 aromatic carbocycles. The fourth-order valence-electron chi connectivity index (χ4n) is 3.94. The van der Waals surface area contributed by atoms with Gasteiger partial charge in [0.15, 0.2) is 17.3 Å². The van der Waals surface area contributed by atoms with E-state index in [1.54, 1.807) is 0 Å². The van der Waals surface area contributed by atoms with Crippen LogP contribution in [0.1, 0.15) is 5.56 Å². The van der Waals surface area contributed by atoms with Crippen molar-refractivity contribution in [3.63, 3.8) is 0 Å². The zero-order chi connectivity index (χ0) is 22.8. The summed E-state index contributed by atoms with van der Waals surface area (Å²) in [6, 6.07) is 18.2. The van der Waals surface area contributed by atoms with Crippen molar-refractivity contribution in [1.82, 2.24) is 9.27 Å². The number of hydrogen-bond donors (Lipinski definition) is 2. The second kappa shape index (κ2) is 9.57. The molecule has 0 unspecified atom stereocenters. The van der Waals surface area contributed by atoms with Crippen molar-refractivity contribution in [1.29, 1.82) is 0 Å². The number of nitrogens with zero attached hydrogens (tertiary/aromatic N) is 2. The molecular formula is C25H24ClN3O3S. The summed E-state index contributed by atoms with van der Waals surface area (Å²) in [5, 5.41) is 14.2. The lowest BCUT2D eigenvalue weighted by Gasteiger charge is -2.19. The summed E-state index contributed by atoms with van der Waals surface area (Å²) in [6.45, 7) is 2.61. The highest BCUT2D eigenvalue weighted by molar-refractivity contribution is 7.14. The molecule has 0 radical (unpaired) electrons. The number of fused-ring (bicyclic) bond motifs is 2. The van der Waals surface area contributed by atoms with Crippen molar-refractivity contribution in [3.05, 3.63) is 65.2 Å². The van der Waals surface area contributed by atoms with E-state index in [4.69, 9.17) is 26.2 Å². The minimum absolute atomic E-state index is 0.134. The Morgan fingerprint density at radius 2 is 1.94 bits per heavy atom. The summed E-state index contributed by atoms with van der Waals surface area (Å²) in [5.41, 5.74) is 4.06. The zero-order valence-electron chi connectivity index (χ0n) is 18.2. The van der Waals surface area contributed by atoms with Crippen molar-refractivity contribution < 1.29 is 14.6 Å². The highest BCUT2D eigenvalue weighted by atomic mass is 35.5. The minimum Gasteiger partial charge on any atom is -0.486 e. The van der Waals surface area contributed by atoms with Crippen molar-refractivity contribution in [2.24, 2.45) is 0 Å². The van der Waals surface area contributed by atoms with Crippen LogP contribution in [0.4, 0.5) is 11.5 Å². The Kier molecular flexibility index (Phi) is 6.37. The van der Waals surface area contributed by atoms with E-state index in [-0.39, 0.29) is 6.61 Å². The molecule has 1 aromatic heterocycles. The van der Waals surface area contributed by atoms with Gasteiger partial charge in [0.05, 0.1) is 22.0 Å². The lowest BCUT2D eigenvalue weighted by atomic mass is 10.0. The number of anilines is 2. The number of aromatic nitrogens is 1. The maximum atomic E-state index is 9.09. The molecule has 0 saturated carbocycles. The molecule has 6 nitrogen and oxygen atoms in total. The number of hydrogen-bond acceptors (Lipinski definition) is 7. The quantitative estimate of drug-likeness (QED) is 0.360. The fraction of sp³-hybridized carbons (Fsp3) is 0.240. The topological polar surface area (TPSA) is 66.9 Å². The van der Waals surface area contributed by atoms with Crippen LogP contribution in [0.3, 0.4) is 0 Å². The molecule has 0 spiro atoms. The van der Waals surface area contributed by atoms with Crippen LogP contribution >= 0.6 is 23.1 Å². The third kappa shape index (κ3) is 4.63. The Morgan fingerprint density at radius 3 is 2.76 bits per heavy atom. The van der Waals surface area contributed by atoms with Crippen LogP contribution < -0.4 is 14.8 Å². The molecular weight excluding hydrogens is 458 g/mol. The van der Waals surface area contributed by atoms with Crippen LogP contribution in [0.5, 0.6) is 11.5 Å². The number of aliphatic hydroxyl groups is 1. The molecule has 0 atom stereocenters. The molecule has 8 heteroatoms. The Bertz CT molecular complexity index is 1290. The van der Waals surface area contributed by atoms with Crippen molar-refractivity contribution in [3.8, 4) is 22.6 Å². The van der Waals surface area contributed by atoms with Crippen molar-refractivity contribution >= 4 is 44.7 Å². The van der Waals surface area contributed by atoms with E-state index in [0.717, 1.165) is 56.3 Å². The van der Waals surface area contributed by atoms with E-state index >= 15 is 0 Å². The van der Waals surface area contributed by atoms with E-state index in [1.807, 2.05) is 48.3 Å². The van der Waals surface area contributed by atoms with Gasteiger partial charge in [0.25, 0.3) is 0 Å². The van der Waals surface area contributed by atoms with E-state index < -0.39 is 0 Å². The third-order valence-corrected chi connectivity index (χ3v) is 6.78. The van der Waals surface area contributed by atoms with Crippen molar-refractivity contribution in [2.75, 3.05) is 38.7 Å². The SMILES string of the molecule is CN(CCO)Cc1ccc(Nc2nsc3c(-c4ccc5c(c4)OCCO5)cccc23)c(Cl)c1. The summed E-state index contributed by atoms with van der Waals surface area (Å²) in [6.07, 6.45) is 0. The highest BCUT2D eigenvalue weighted by Gasteiger charge is 2.16. The number of benzene rings is 3. The van der Waals surface area contributed by atoms with Gasteiger partial charge < -0.3 is 19.9 Å². The Balaban J connectivity index is 1.42. The minimum atomic E-state index is 0.134. The number of likely N-dealkylation sites (N-methyl/N-ethyl adjacent to an activating group) is 1. The molecule has 0 saturated heterocycles. The maximum absolute atomic E-state index is 9.09. The highest BCUT2D eigenvalue weighted by Crippen LogP contribution is 2.40. The van der Waals surface area contributed by atoms with Gasteiger partial charge in [-0.05, 0) is 60.0 Å². The smallest absolute Gasteiger partial charge is 0.161 e. The summed E-state index contributed by atoms with van der Waals surface area (Å²) < 4.78 is 17.2. The molecule has 5 rings (SSSR count). The van der Waals surface area contributed by atoms with Crippen LogP contribution in [0.2, 0.25) is 5.02 Å². The van der Waals surface area contributed by atoms with E-state index in [9.17, 15) is 0 Å². The largest absolute Gasteiger partial charge is 0.486 e. The van der Waals surface area contributed by atoms with E-state index in [2.05, 4.69) is 27.9 Å². The first-order valence-electron chi connectivity index (χ1n) is 10.8. The summed E-state index contributed by atoms with van der Waals surface area (Å²) in [7, 11) is 1.97. The van der Waals surface area contributed by atoms with Gasteiger partial charge in [-0.25, -0.2) is 0 Å². The fourth-order valence-corrected chi connectivity index (χ4v) is 5.06. The molecule has 33 heavy (non-hydrogen) atoms. The van der Waals surface area contributed by atoms with Gasteiger partial charge in [-0.2, -0.15) is 4.37 Å². The predicted octanol–water partition coefficient (Wildman–Crippen LogP) is 5.56. The normalized spacial score (nSPS) is 13.0. The third-order valence-electron chi connectivity index (χ3n) is 5.57. The number of halogens is 1. The van der Waals surface area contributed by atoms with Crippen LogP contribution in [0.25, 0.3) is 21.2 Å². The second-order valence-corrected chi connectivity index (χ2v) is 9.15. The number of rotatable bonds is 7. The predicted molar refractivity (Wildman–Crippen MR) is 134 cm³/mol. The van der Waals surface area contributed by atoms with Gasteiger partial charge in [0.1, 0.15) is 13.2 Å². The summed E-state index contributed by atoms with van der Waals surface area (Å²) >= 11 is 8.03. The Morgan fingerprint density at radius 1 is 1.09 bits per heavy atom. The average molecular weight is 482 g/mol. The molecule has 4 aromatic rings. The van der Waals surface area contributed by atoms with Gasteiger partial charge in [0.2, 0.25) is 0 Å². The Labute approximate surface area is 201 Å². The summed E-state index contributed by atoms with van der Waals surface area (Å²) in [4.78, 5) is 2.05. The molecule has 0 aliphatic carbocycles. The van der Waals surface area contributed by atoms with E-state index in [0.29, 0.717) is 24.8 Å². The first-order chi connectivity index (χ1) is 16.1. The van der Waals surface area contributed by atoms with Crippen LogP contribution in [-0.2, 0) is 6.54 Å². The van der Waals surface area contributed by atoms with Gasteiger partial charge in [0, 0.05) is 24.0 Å². The van der Waals surface area contributed by atoms with Gasteiger partial charge in [-0.3, -0.25) is 4.90 Å². The average Bonchev–Trinajstić information content (AvgIpc) is 3.23. The Hall–Kier alpha value is -2.84. The molecule has 2 heterocycles. The molecule has 0 amide bonds. The summed E-state index contributed by atoms with van der Waals surface area (Å²) in [5.74, 6) is 2.33. The van der Waals surface area contributed by atoms with Crippen LogP contribution in [-0.4, -0.2) is 47.8 Å². The molecule has 0 bridgehead atoms. The van der Waals surface area contributed by atoms with Gasteiger partial charge >= 0.3 is 0 Å². The lowest BCUT2D eigenvalue weighted by Crippen LogP contribution is -2.21.